The molecule has 3 heterocycles. The van der Waals surface area contributed by atoms with Gasteiger partial charge in [-0.3, -0.25) is 14.6 Å². The predicted molar refractivity (Wildman–Crippen MR) is 108 cm³/mol. The van der Waals surface area contributed by atoms with E-state index in [9.17, 15) is 9.59 Å². The molecule has 0 saturated heterocycles. The number of carbonyl (C=O) groups excluding carboxylic acids is 2. The van der Waals surface area contributed by atoms with Crippen LogP contribution in [-0.2, 0) is 22.4 Å². The summed E-state index contributed by atoms with van der Waals surface area (Å²) in [4.78, 5) is 35.3. The van der Waals surface area contributed by atoms with E-state index in [-0.39, 0.29) is 18.4 Å². The molecule has 2 aromatic heterocycles. The number of fused-ring (bicyclic) bond motifs is 2. The molecule has 2 N–H and O–H groups in total. The molecule has 0 fully saturated rings. The summed E-state index contributed by atoms with van der Waals surface area (Å²) in [6.07, 6.45) is 7.12. The normalized spacial score (nSPS) is 15.9. The van der Waals surface area contributed by atoms with Gasteiger partial charge in [0.25, 0.3) is 0 Å². The molecule has 2 amide bonds. The maximum absolute atomic E-state index is 12.7. The van der Waals surface area contributed by atoms with Gasteiger partial charge in [-0.15, -0.1) is 0 Å². The Hall–Kier alpha value is -2.96. The third-order valence-corrected chi connectivity index (χ3v) is 4.71. The number of aromatic nitrogens is 2. The minimum Gasteiger partial charge on any atom is -0.368 e. The summed E-state index contributed by atoms with van der Waals surface area (Å²) in [6, 6.07) is 9.77. The second-order valence-corrected chi connectivity index (χ2v) is 6.92. The molecule has 2 bridgehead atoms. The summed E-state index contributed by atoms with van der Waals surface area (Å²) in [5.41, 5.74) is 2.07. The molecule has 0 spiro atoms. The number of nitrogens with zero attached hydrogens (tertiary/aromatic N) is 3. The first kappa shape index (κ1) is 19.8. The Labute approximate surface area is 165 Å². The van der Waals surface area contributed by atoms with E-state index in [0.717, 1.165) is 36.3 Å². The van der Waals surface area contributed by atoms with Gasteiger partial charge in [0.2, 0.25) is 11.8 Å². The highest BCUT2D eigenvalue weighted by Crippen LogP contribution is 2.10. The van der Waals surface area contributed by atoms with Crippen molar-refractivity contribution in [3.8, 4) is 0 Å². The molecule has 0 atom stereocenters. The van der Waals surface area contributed by atoms with E-state index >= 15 is 0 Å². The van der Waals surface area contributed by atoms with Crippen LogP contribution in [0.15, 0.2) is 42.7 Å². The van der Waals surface area contributed by atoms with E-state index in [1.165, 1.54) is 0 Å². The van der Waals surface area contributed by atoms with Gasteiger partial charge in [0.05, 0.1) is 6.54 Å². The summed E-state index contributed by atoms with van der Waals surface area (Å²) >= 11 is 0. The van der Waals surface area contributed by atoms with Crippen molar-refractivity contribution in [3.63, 3.8) is 0 Å². The number of anilines is 1. The average Bonchev–Trinajstić information content (AvgIpc) is 2.72. The van der Waals surface area contributed by atoms with Crippen LogP contribution in [0.25, 0.3) is 0 Å². The lowest BCUT2D eigenvalue weighted by molar-refractivity contribution is -0.136. The average molecular weight is 381 g/mol. The van der Waals surface area contributed by atoms with Crippen LogP contribution < -0.4 is 10.6 Å². The topological polar surface area (TPSA) is 87.2 Å². The fourth-order valence-electron chi connectivity index (χ4n) is 3.20. The first-order valence-corrected chi connectivity index (χ1v) is 9.84. The Balaban J connectivity index is 1.59. The van der Waals surface area contributed by atoms with Crippen molar-refractivity contribution in [2.45, 2.75) is 32.1 Å². The SMILES string of the molecule is O=C1CN(C(=O)CCc2cccnc2)CCCCc2cccc(n2)NCCN1. The third-order valence-electron chi connectivity index (χ3n) is 4.71. The van der Waals surface area contributed by atoms with Crippen molar-refractivity contribution < 1.29 is 9.59 Å². The van der Waals surface area contributed by atoms with E-state index in [0.29, 0.717) is 32.5 Å². The molecule has 0 aromatic carbocycles. The second-order valence-electron chi connectivity index (χ2n) is 6.92. The maximum Gasteiger partial charge on any atom is 0.239 e. The van der Waals surface area contributed by atoms with Gasteiger partial charge in [0.1, 0.15) is 5.82 Å². The fraction of sp³-hybridized carbons (Fsp3) is 0.429. The van der Waals surface area contributed by atoms with E-state index in [4.69, 9.17) is 0 Å². The van der Waals surface area contributed by atoms with Crippen molar-refractivity contribution in [1.29, 1.82) is 0 Å². The van der Waals surface area contributed by atoms with Crippen LogP contribution >= 0.6 is 0 Å². The molecule has 7 nitrogen and oxygen atoms in total. The lowest BCUT2D eigenvalue weighted by atomic mass is 10.1. The number of amides is 2. The smallest absolute Gasteiger partial charge is 0.239 e. The van der Waals surface area contributed by atoms with Crippen molar-refractivity contribution in [3.05, 3.63) is 54.0 Å². The van der Waals surface area contributed by atoms with Crippen LogP contribution in [0.4, 0.5) is 5.82 Å². The molecule has 0 unspecified atom stereocenters. The quantitative estimate of drug-likeness (QED) is 0.847. The van der Waals surface area contributed by atoms with Gasteiger partial charge in [-0.25, -0.2) is 4.98 Å². The molecule has 1 aliphatic heterocycles. The number of pyridine rings is 2. The van der Waals surface area contributed by atoms with E-state index in [1.807, 2.05) is 30.3 Å². The zero-order valence-electron chi connectivity index (χ0n) is 16.1. The highest BCUT2D eigenvalue weighted by molar-refractivity contribution is 5.84. The number of carbonyl (C=O) groups is 2. The largest absolute Gasteiger partial charge is 0.368 e. The number of hydrogen-bond acceptors (Lipinski definition) is 5. The highest BCUT2D eigenvalue weighted by atomic mass is 16.2. The first-order chi connectivity index (χ1) is 13.7. The molecule has 1 aliphatic rings. The number of aryl methyl sites for hydroxylation is 2. The lowest BCUT2D eigenvalue weighted by Crippen LogP contribution is -2.42. The second kappa shape index (κ2) is 10.4. The Morgan fingerprint density at radius 3 is 2.86 bits per heavy atom. The summed E-state index contributed by atoms with van der Waals surface area (Å²) in [5, 5.41) is 6.09. The lowest BCUT2D eigenvalue weighted by Gasteiger charge is -2.23. The summed E-state index contributed by atoms with van der Waals surface area (Å²) in [7, 11) is 0. The van der Waals surface area contributed by atoms with Crippen LogP contribution in [0, 0.1) is 0 Å². The van der Waals surface area contributed by atoms with Gasteiger partial charge in [-0.1, -0.05) is 12.1 Å². The number of hydrogen-bond donors (Lipinski definition) is 2. The molecule has 7 heteroatoms. The van der Waals surface area contributed by atoms with Crippen LogP contribution in [0.3, 0.4) is 0 Å². The maximum atomic E-state index is 12.7. The first-order valence-electron chi connectivity index (χ1n) is 9.84. The summed E-state index contributed by atoms with van der Waals surface area (Å²) in [6.45, 7) is 1.77. The molecule has 28 heavy (non-hydrogen) atoms. The van der Waals surface area contributed by atoms with Crippen molar-refractivity contribution >= 4 is 17.6 Å². The molecule has 148 valence electrons. The zero-order chi connectivity index (χ0) is 19.6. The Morgan fingerprint density at radius 1 is 1.11 bits per heavy atom. The van der Waals surface area contributed by atoms with Gasteiger partial charge in [-0.2, -0.15) is 0 Å². The van der Waals surface area contributed by atoms with Crippen LogP contribution in [0.1, 0.15) is 30.5 Å². The summed E-state index contributed by atoms with van der Waals surface area (Å²) < 4.78 is 0. The van der Waals surface area contributed by atoms with Crippen molar-refractivity contribution in [1.82, 2.24) is 20.2 Å². The van der Waals surface area contributed by atoms with Crippen LogP contribution in [0.5, 0.6) is 0 Å². The molecular weight excluding hydrogens is 354 g/mol. The van der Waals surface area contributed by atoms with Gasteiger partial charge >= 0.3 is 0 Å². The van der Waals surface area contributed by atoms with Crippen LogP contribution in [0.2, 0.25) is 0 Å². The highest BCUT2D eigenvalue weighted by Gasteiger charge is 2.17. The zero-order valence-corrected chi connectivity index (χ0v) is 16.1. The Morgan fingerprint density at radius 2 is 2.00 bits per heavy atom. The molecule has 0 aliphatic carbocycles. The monoisotopic (exact) mass is 381 g/mol. The van der Waals surface area contributed by atoms with Gasteiger partial charge in [0, 0.05) is 44.1 Å². The molecule has 0 radical (unpaired) electrons. The predicted octanol–water partition coefficient (Wildman–Crippen LogP) is 1.80. The van der Waals surface area contributed by atoms with Crippen molar-refractivity contribution in [2.75, 3.05) is 31.5 Å². The third kappa shape index (κ3) is 6.33. The van der Waals surface area contributed by atoms with Crippen molar-refractivity contribution in [2.24, 2.45) is 0 Å². The number of rotatable bonds is 3. The number of nitrogens with one attached hydrogen (secondary N) is 2. The Kier molecular flexibility index (Phi) is 7.35. The van der Waals surface area contributed by atoms with Gasteiger partial charge in [0.15, 0.2) is 0 Å². The molecule has 2 aromatic rings. The van der Waals surface area contributed by atoms with Crippen LogP contribution in [-0.4, -0.2) is 52.9 Å². The van der Waals surface area contributed by atoms with E-state index < -0.39 is 0 Å². The minimum atomic E-state index is -0.129. The standard InChI is InChI=1S/C21H27N5O2/c27-20-16-26(21(28)10-9-17-5-4-11-22-15-17)14-2-1-6-18-7-3-8-19(25-18)23-12-13-24-20/h3-5,7-8,11,15H,1-2,6,9-10,12-14,16H2,(H,23,25)(H,24,27). The van der Waals surface area contributed by atoms with E-state index in [2.05, 4.69) is 20.6 Å². The summed E-state index contributed by atoms with van der Waals surface area (Å²) in [5.74, 6) is 0.704. The fourth-order valence-corrected chi connectivity index (χ4v) is 3.20. The minimum absolute atomic E-state index is 0.00402. The van der Waals surface area contributed by atoms with Gasteiger partial charge in [-0.05, 0) is 49.4 Å². The Bertz CT molecular complexity index is 781. The molecule has 3 rings (SSSR count). The van der Waals surface area contributed by atoms with Gasteiger partial charge < -0.3 is 15.5 Å². The molecular formula is C21H27N5O2. The molecule has 0 saturated carbocycles. The van der Waals surface area contributed by atoms with E-state index in [1.54, 1.807) is 17.3 Å².